The molecule has 0 aliphatic heterocycles. The van der Waals surface area contributed by atoms with Crippen molar-refractivity contribution in [3.05, 3.63) is 78.4 Å². The molecule has 3 nitrogen and oxygen atoms in total. The Morgan fingerprint density at radius 2 is 1.59 bits per heavy atom. The van der Waals surface area contributed by atoms with Crippen LogP contribution in [0.25, 0.3) is 10.8 Å². The van der Waals surface area contributed by atoms with Crippen LogP contribution < -0.4 is 5.32 Å². The smallest absolute Gasteiger partial charge is 0.326 e. The van der Waals surface area contributed by atoms with E-state index in [9.17, 15) is 9.90 Å². The summed E-state index contributed by atoms with van der Waals surface area (Å²) in [7, 11) is 0. The highest BCUT2D eigenvalue weighted by atomic mass is 16.4. The number of aliphatic carboxylic acids is 1. The molecule has 0 amide bonds. The van der Waals surface area contributed by atoms with E-state index in [2.05, 4.69) is 5.32 Å². The summed E-state index contributed by atoms with van der Waals surface area (Å²) in [5.41, 5.74) is 1.85. The molecule has 3 aromatic rings. The van der Waals surface area contributed by atoms with Crippen LogP contribution in [-0.4, -0.2) is 17.1 Å². The summed E-state index contributed by atoms with van der Waals surface area (Å²) in [6.07, 6.45) is 0.444. The van der Waals surface area contributed by atoms with E-state index in [0.29, 0.717) is 6.42 Å². The van der Waals surface area contributed by atoms with Crippen LogP contribution in [0.2, 0.25) is 0 Å². The summed E-state index contributed by atoms with van der Waals surface area (Å²) in [5.74, 6) is -0.850. The van der Waals surface area contributed by atoms with Crippen molar-refractivity contribution in [2.24, 2.45) is 0 Å². The predicted molar refractivity (Wildman–Crippen MR) is 89.1 cm³/mol. The molecular weight excluding hydrogens is 274 g/mol. The summed E-state index contributed by atoms with van der Waals surface area (Å²) in [5, 5.41) is 14.8. The fourth-order valence-corrected chi connectivity index (χ4v) is 2.59. The zero-order valence-corrected chi connectivity index (χ0v) is 12.1. The van der Waals surface area contributed by atoms with E-state index in [0.717, 1.165) is 22.0 Å². The van der Waals surface area contributed by atoms with Crippen molar-refractivity contribution in [3.8, 4) is 0 Å². The second-order valence-corrected chi connectivity index (χ2v) is 5.25. The Morgan fingerprint density at radius 3 is 2.36 bits per heavy atom. The van der Waals surface area contributed by atoms with Gasteiger partial charge in [-0.15, -0.1) is 0 Å². The third-order valence-electron chi connectivity index (χ3n) is 3.70. The molecule has 0 aromatic heterocycles. The van der Waals surface area contributed by atoms with E-state index in [-0.39, 0.29) is 0 Å². The van der Waals surface area contributed by atoms with Crippen LogP contribution >= 0.6 is 0 Å². The van der Waals surface area contributed by atoms with Crippen molar-refractivity contribution in [1.82, 2.24) is 0 Å². The Bertz CT molecular complexity index is 778. The first kappa shape index (κ1) is 14.1. The average Bonchev–Trinajstić information content (AvgIpc) is 2.55. The minimum Gasteiger partial charge on any atom is -0.480 e. The van der Waals surface area contributed by atoms with Crippen LogP contribution in [0.3, 0.4) is 0 Å². The van der Waals surface area contributed by atoms with Crippen LogP contribution in [0.4, 0.5) is 5.69 Å². The van der Waals surface area contributed by atoms with Crippen molar-refractivity contribution in [2.75, 3.05) is 5.32 Å². The fourth-order valence-electron chi connectivity index (χ4n) is 2.59. The summed E-state index contributed by atoms with van der Waals surface area (Å²) in [4.78, 5) is 11.6. The van der Waals surface area contributed by atoms with E-state index in [1.54, 1.807) is 0 Å². The number of carbonyl (C=O) groups is 1. The molecule has 0 radical (unpaired) electrons. The Morgan fingerprint density at radius 1 is 0.909 bits per heavy atom. The van der Waals surface area contributed by atoms with Gasteiger partial charge in [0.05, 0.1) is 0 Å². The van der Waals surface area contributed by atoms with Crippen molar-refractivity contribution < 1.29 is 9.90 Å². The molecule has 3 heteroatoms. The minimum atomic E-state index is -0.850. The second-order valence-electron chi connectivity index (χ2n) is 5.25. The topological polar surface area (TPSA) is 49.3 Å². The van der Waals surface area contributed by atoms with E-state index < -0.39 is 12.0 Å². The highest BCUT2D eigenvalue weighted by Gasteiger charge is 2.18. The normalized spacial score (nSPS) is 12.0. The Labute approximate surface area is 129 Å². The molecule has 3 aromatic carbocycles. The summed E-state index contributed by atoms with van der Waals surface area (Å²) in [6.45, 7) is 0. The predicted octanol–water partition coefficient (Wildman–Crippen LogP) is 3.95. The summed E-state index contributed by atoms with van der Waals surface area (Å²) >= 11 is 0. The van der Waals surface area contributed by atoms with Gasteiger partial charge in [-0.05, 0) is 17.0 Å². The molecule has 0 fully saturated rings. The van der Waals surface area contributed by atoms with Gasteiger partial charge in [-0.25, -0.2) is 4.79 Å². The number of rotatable bonds is 5. The highest BCUT2D eigenvalue weighted by Crippen LogP contribution is 2.24. The quantitative estimate of drug-likeness (QED) is 0.748. The first-order valence-electron chi connectivity index (χ1n) is 7.25. The molecule has 22 heavy (non-hydrogen) atoms. The maximum Gasteiger partial charge on any atom is 0.326 e. The first-order chi connectivity index (χ1) is 10.7. The van der Waals surface area contributed by atoms with E-state index >= 15 is 0 Å². The Kier molecular flexibility index (Phi) is 4.05. The number of carboxylic acid groups (broad SMARTS) is 1. The van der Waals surface area contributed by atoms with Crippen LogP contribution in [0.5, 0.6) is 0 Å². The maximum atomic E-state index is 11.6. The molecule has 2 N–H and O–H groups in total. The monoisotopic (exact) mass is 291 g/mol. The molecule has 0 bridgehead atoms. The second kappa shape index (κ2) is 6.31. The molecule has 0 aliphatic carbocycles. The molecular formula is C19H17NO2. The Balaban J connectivity index is 1.88. The maximum absolute atomic E-state index is 11.6. The number of anilines is 1. The third-order valence-corrected chi connectivity index (χ3v) is 3.70. The van der Waals surface area contributed by atoms with Gasteiger partial charge in [-0.1, -0.05) is 66.7 Å². The largest absolute Gasteiger partial charge is 0.480 e. The van der Waals surface area contributed by atoms with Gasteiger partial charge in [-0.3, -0.25) is 0 Å². The lowest BCUT2D eigenvalue weighted by Gasteiger charge is -2.17. The lowest BCUT2D eigenvalue weighted by molar-refractivity contribution is -0.137. The van der Waals surface area contributed by atoms with Crippen LogP contribution in [-0.2, 0) is 11.2 Å². The number of fused-ring (bicyclic) bond motifs is 1. The van der Waals surface area contributed by atoms with Crippen molar-refractivity contribution in [2.45, 2.75) is 12.5 Å². The number of benzene rings is 3. The molecule has 1 atom stereocenters. The molecule has 0 saturated heterocycles. The highest BCUT2D eigenvalue weighted by molar-refractivity contribution is 5.95. The summed E-state index contributed by atoms with van der Waals surface area (Å²) in [6, 6.07) is 22.8. The number of hydrogen-bond acceptors (Lipinski definition) is 2. The summed E-state index contributed by atoms with van der Waals surface area (Å²) < 4.78 is 0. The molecule has 0 unspecified atom stereocenters. The van der Waals surface area contributed by atoms with Gasteiger partial charge in [0.1, 0.15) is 6.04 Å². The molecule has 110 valence electrons. The van der Waals surface area contributed by atoms with E-state index in [1.807, 2.05) is 72.8 Å². The fraction of sp³-hybridized carbons (Fsp3) is 0.105. The van der Waals surface area contributed by atoms with Crippen molar-refractivity contribution >= 4 is 22.4 Å². The number of carboxylic acids is 1. The number of hydrogen-bond donors (Lipinski definition) is 2. The van der Waals surface area contributed by atoms with E-state index in [1.165, 1.54) is 0 Å². The van der Waals surface area contributed by atoms with Gasteiger partial charge < -0.3 is 10.4 Å². The van der Waals surface area contributed by atoms with Crippen LogP contribution in [0.1, 0.15) is 5.56 Å². The average molecular weight is 291 g/mol. The molecule has 0 spiro atoms. The van der Waals surface area contributed by atoms with Gasteiger partial charge in [0.25, 0.3) is 0 Å². The number of nitrogens with one attached hydrogen (secondary N) is 1. The van der Waals surface area contributed by atoms with Gasteiger partial charge in [0.15, 0.2) is 0 Å². The Hall–Kier alpha value is -2.81. The third kappa shape index (κ3) is 3.09. The standard InChI is InChI=1S/C19H17NO2/c21-19(22)18(13-14-7-2-1-3-8-14)20-17-12-6-10-15-9-4-5-11-16(15)17/h1-12,18,20H,13H2,(H,21,22)/t18-/m0/s1. The molecule has 0 aliphatic rings. The van der Waals surface area contributed by atoms with Crippen LogP contribution in [0.15, 0.2) is 72.8 Å². The molecule has 0 saturated carbocycles. The molecule has 3 rings (SSSR count). The van der Waals surface area contributed by atoms with Gasteiger partial charge in [0, 0.05) is 17.5 Å². The molecule has 0 heterocycles. The zero-order chi connectivity index (χ0) is 15.4. The van der Waals surface area contributed by atoms with E-state index in [4.69, 9.17) is 0 Å². The van der Waals surface area contributed by atoms with Gasteiger partial charge in [0.2, 0.25) is 0 Å². The van der Waals surface area contributed by atoms with Crippen LogP contribution in [0, 0.1) is 0 Å². The lowest BCUT2D eigenvalue weighted by Crippen LogP contribution is -2.31. The van der Waals surface area contributed by atoms with Crippen molar-refractivity contribution in [1.29, 1.82) is 0 Å². The SMILES string of the molecule is O=C(O)[C@H](Cc1ccccc1)Nc1cccc2ccccc12. The lowest BCUT2D eigenvalue weighted by atomic mass is 10.0. The first-order valence-corrected chi connectivity index (χ1v) is 7.25. The van der Waals surface area contributed by atoms with Crippen molar-refractivity contribution in [3.63, 3.8) is 0 Å². The van der Waals surface area contributed by atoms with Gasteiger partial charge >= 0.3 is 5.97 Å². The van der Waals surface area contributed by atoms with Gasteiger partial charge in [-0.2, -0.15) is 0 Å². The minimum absolute atomic E-state index is 0.444. The zero-order valence-electron chi connectivity index (χ0n) is 12.1.